The summed E-state index contributed by atoms with van der Waals surface area (Å²) in [5.74, 6) is 0.578. The normalized spacial score (nSPS) is 18.4. The molecule has 3 heterocycles. The summed E-state index contributed by atoms with van der Waals surface area (Å²) in [6.07, 6.45) is 3.69. The third-order valence-corrected chi connectivity index (χ3v) is 4.70. The van der Waals surface area contributed by atoms with Gasteiger partial charge in [-0.2, -0.15) is 5.10 Å². The van der Waals surface area contributed by atoms with Gasteiger partial charge in [-0.05, 0) is 30.9 Å². The van der Waals surface area contributed by atoms with Gasteiger partial charge in [0, 0.05) is 18.5 Å². The van der Waals surface area contributed by atoms with Crippen LogP contribution in [0.2, 0.25) is 0 Å². The van der Waals surface area contributed by atoms with Gasteiger partial charge in [0.15, 0.2) is 0 Å². The molecule has 1 amide bonds. The molecule has 0 N–H and O–H groups in total. The molecule has 0 bridgehead atoms. The van der Waals surface area contributed by atoms with Crippen LogP contribution in [0, 0.1) is 5.92 Å². The first kappa shape index (κ1) is 14.9. The molecular formula is C18H19N3O3. The lowest BCUT2D eigenvalue weighted by atomic mass is 10.0. The first-order valence-corrected chi connectivity index (χ1v) is 8.28. The summed E-state index contributed by atoms with van der Waals surface area (Å²) in [6, 6.07) is 7.33. The number of benzene rings is 1. The van der Waals surface area contributed by atoms with E-state index in [0.717, 1.165) is 24.9 Å². The molecule has 6 heteroatoms. The van der Waals surface area contributed by atoms with Crippen molar-refractivity contribution in [1.29, 1.82) is 0 Å². The van der Waals surface area contributed by atoms with Gasteiger partial charge in [-0.1, -0.05) is 19.1 Å². The van der Waals surface area contributed by atoms with Crippen LogP contribution in [0.3, 0.4) is 0 Å². The number of aromatic nitrogens is 2. The predicted molar refractivity (Wildman–Crippen MR) is 90.8 cm³/mol. The van der Waals surface area contributed by atoms with E-state index in [0.29, 0.717) is 22.4 Å². The van der Waals surface area contributed by atoms with Crippen LogP contribution in [0.5, 0.6) is 0 Å². The second-order valence-corrected chi connectivity index (χ2v) is 6.54. The van der Waals surface area contributed by atoms with Gasteiger partial charge in [0.05, 0.1) is 11.7 Å². The maximum Gasteiger partial charge on any atom is 0.347 e. The fraction of sp³-hybridized carbons (Fsp3) is 0.389. The standard InChI is InChI=1S/C18H19N3O3/c1-12-5-4-8-20(10-12)16(22)11-21-17-13-6-2-3-7-15(13)24-18(23)14(17)9-19-21/h2-3,6-7,9,12H,4-5,8,10-11H2,1H3. The van der Waals surface area contributed by atoms with Gasteiger partial charge in [0.25, 0.3) is 0 Å². The molecule has 6 nitrogen and oxygen atoms in total. The van der Waals surface area contributed by atoms with Crippen molar-refractivity contribution >= 4 is 27.8 Å². The average Bonchev–Trinajstić information content (AvgIpc) is 3.00. The van der Waals surface area contributed by atoms with Crippen molar-refractivity contribution in [3.05, 3.63) is 40.9 Å². The predicted octanol–water partition coefficient (Wildman–Crippen LogP) is 2.40. The number of hydrogen-bond acceptors (Lipinski definition) is 4. The van der Waals surface area contributed by atoms with Gasteiger partial charge in [0.2, 0.25) is 5.91 Å². The zero-order chi connectivity index (χ0) is 16.7. The minimum Gasteiger partial charge on any atom is -0.422 e. The molecule has 1 aliphatic rings. The van der Waals surface area contributed by atoms with E-state index in [9.17, 15) is 9.59 Å². The van der Waals surface area contributed by atoms with Gasteiger partial charge in [-0.25, -0.2) is 4.79 Å². The third kappa shape index (κ3) is 2.48. The second kappa shape index (κ2) is 5.78. The Balaban J connectivity index is 1.74. The summed E-state index contributed by atoms with van der Waals surface area (Å²) in [6.45, 7) is 3.90. The molecule has 2 aromatic heterocycles. The number of carbonyl (C=O) groups is 1. The molecule has 1 aliphatic heterocycles. The van der Waals surface area contributed by atoms with Crippen LogP contribution in [-0.4, -0.2) is 33.7 Å². The molecule has 0 saturated carbocycles. The maximum atomic E-state index is 12.6. The van der Waals surface area contributed by atoms with Crippen LogP contribution < -0.4 is 5.63 Å². The minimum atomic E-state index is -0.422. The van der Waals surface area contributed by atoms with Crippen LogP contribution in [0.15, 0.2) is 39.7 Å². The Morgan fingerprint density at radius 2 is 2.17 bits per heavy atom. The Kier molecular flexibility index (Phi) is 3.59. The first-order chi connectivity index (χ1) is 11.6. The smallest absolute Gasteiger partial charge is 0.347 e. The van der Waals surface area contributed by atoms with Crippen molar-refractivity contribution in [3.63, 3.8) is 0 Å². The molecule has 1 atom stereocenters. The van der Waals surface area contributed by atoms with Gasteiger partial charge < -0.3 is 9.32 Å². The highest BCUT2D eigenvalue weighted by Gasteiger charge is 2.22. The van der Waals surface area contributed by atoms with Gasteiger partial charge in [-0.15, -0.1) is 0 Å². The summed E-state index contributed by atoms with van der Waals surface area (Å²) in [4.78, 5) is 26.7. The van der Waals surface area contributed by atoms with E-state index in [4.69, 9.17) is 4.42 Å². The van der Waals surface area contributed by atoms with Crippen LogP contribution in [0.1, 0.15) is 19.8 Å². The number of likely N-dealkylation sites (tertiary alicyclic amines) is 1. The molecule has 3 aromatic rings. The number of carbonyl (C=O) groups excluding carboxylic acids is 1. The highest BCUT2D eigenvalue weighted by atomic mass is 16.4. The van der Waals surface area contributed by atoms with E-state index in [2.05, 4.69) is 12.0 Å². The molecule has 0 spiro atoms. The topological polar surface area (TPSA) is 68.3 Å². The number of rotatable bonds is 2. The van der Waals surface area contributed by atoms with Crippen molar-refractivity contribution in [2.75, 3.05) is 13.1 Å². The first-order valence-electron chi connectivity index (χ1n) is 8.28. The van der Waals surface area contributed by atoms with E-state index in [-0.39, 0.29) is 12.5 Å². The summed E-state index contributed by atoms with van der Waals surface area (Å²) in [7, 11) is 0. The number of piperidine rings is 1. The molecule has 1 fully saturated rings. The molecule has 4 rings (SSSR count). The number of nitrogens with zero attached hydrogens (tertiary/aromatic N) is 3. The Bertz CT molecular complexity index is 972. The SMILES string of the molecule is CC1CCCN(C(=O)Cn2ncc3c(=O)oc4ccccc4c32)C1. The van der Waals surface area contributed by atoms with Crippen molar-refractivity contribution < 1.29 is 9.21 Å². The summed E-state index contributed by atoms with van der Waals surface area (Å²) < 4.78 is 6.94. The van der Waals surface area contributed by atoms with Crippen molar-refractivity contribution in [2.24, 2.45) is 5.92 Å². The molecule has 1 saturated heterocycles. The Labute approximate surface area is 138 Å². The summed E-state index contributed by atoms with van der Waals surface area (Å²) in [5, 5.41) is 5.48. The largest absolute Gasteiger partial charge is 0.422 e. The highest BCUT2D eigenvalue weighted by molar-refractivity contribution is 6.02. The second-order valence-electron chi connectivity index (χ2n) is 6.54. The summed E-state index contributed by atoms with van der Waals surface area (Å²) in [5.41, 5.74) is 0.755. The fourth-order valence-corrected chi connectivity index (χ4v) is 3.49. The van der Waals surface area contributed by atoms with E-state index in [1.54, 1.807) is 10.7 Å². The van der Waals surface area contributed by atoms with Crippen LogP contribution in [0.25, 0.3) is 21.9 Å². The minimum absolute atomic E-state index is 0.0453. The number of para-hydroxylation sites is 1. The summed E-state index contributed by atoms with van der Waals surface area (Å²) >= 11 is 0. The fourth-order valence-electron chi connectivity index (χ4n) is 3.49. The van der Waals surface area contributed by atoms with Crippen molar-refractivity contribution in [1.82, 2.24) is 14.7 Å². The van der Waals surface area contributed by atoms with E-state index < -0.39 is 5.63 Å². The molecule has 1 unspecified atom stereocenters. The molecule has 124 valence electrons. The van der Waals surface area contributed by atoms with Crippen molar-refractivity contribution in [3.8, 4) is 0 Å². The highest BCUT2D eigenvalue weighted by Crippen LogP contribution is 2.23. The number of fused-ring (bicyclic) bond motifs is 3. The van der Waals surface area contributed by atoms with Crippen molar-refractivity contribution in [2.45, 2.75) is 26.3 Å². The Morgan fingerprint density at radius 3 is 3.00 bits per heavy atom. The van der Waals surface area contributed by atoms with E-state index in [1.807, 2.05) is 23.1 Å². The molecule has 0 radical (unpaired) electrons. The molecule has 1 aromatic carbocycles. The lowest BCUT2D eigenvalue weighted by Gasteiger charge is -2.31. The number of hydrogen-bond donors (Lipinski definition) is 0. The molecule has 24 heavy (non-hydrogen) atoms. The van der Waals surface area contributed by atoms with Crippen LogP contribution >= 0.6 is 0 Å². The maximum absolute atomic E-state index is 12.6. The van der Waals surface area contributed by atoms with E-state index >= 15 is 0 Å². The monoisotopic (exact) mass is 325 g/mol. The lowest BCUT2D eigenvalue weighted by molar-refractivity contribution is -0.133. The quantitative estimate of drug-likeness (QED) is 0.679. The van der Waals surface area contributed by atoms with Gasteiger partial charge in [0.1, 0.15) is 17.5 Å². The zero-order valence-corrected chi connectivity index (χ0v) is 13.6. The Hall–Kier alpha value is -2.63. The van der Waals surface area contributed by atoms with Crippen LogP contribution in [-0.2, 0) is 11.3 Å². The third-order valence-electron chi connectivity index (χ3n) is 4.70. The van der Waals surface area contributed by atoms with E-state index in [1.165, 1.54) is 12.6 Å². The average molecular weight is 325 g/mol. The van der Waals surface area contributed by atoms with Gasteiger partial charge in [-0.3, -0.25) is 9.48 Å². The zero-order valence-electron chi connectivity index (χ0n) is 13.6. The molecule has 0 aliphatic carbocycles. The van der Waals surface area contributed by atoms with Gasteiger partial charge >= 0.3 is 5.63 Å². The number of amides is 1. The molecular weight excluding hydrogens is 306 g/mol. The lowest BCUT2D eigenvalue weighted by Crippen LogP contribution is -2.41. The van der Waals surface area contributed by atoms with Crippen LogP contribution in [0.4, 0.5) is 0 Å². The Morgan fingerprint density at radius 1 is 1.33 bits per heavy atom.